The highest BCUT2D eigenvalue weighted by molar-refractivity contribution is 5.38. The number of unbranched alkanes of at least 4 members (excludes halogenated alkanes) is 3. The third-order valence-electron chi connectivity index (χ3n) is 2.43. The van der Waals surface area contributed by atoms with E-state index in [2.05, 4.69) is 6.92 Å². The molecule has 1 rings (SSSR count). The molecule has 0 heterocycles. The van der Waals surface area contributed by atoms with Crippen molar-refractivity contribution in [1.82, 2.24) is 0 Å². The van der Waals surface area contributed by atoms with Crippen molar-refractivity contribution < 1.29 is 9.84 Å². The van der Waals surface area contributed by atoms with E-state index in [-0.39, 0.29) is 0 Å². The Hall–Kier alpha value is -1.18. The first-order valence-electron chi connectivity index (χ1n) is 6.66. The molecule has 0 amide bonds. The quantitative estimate of drug-likeness (QED) is 0.729. The van der Waals surface area contributed by atoms with Crippen molar-refractivity contribution in [1.29, 1.82) is 0 Å². The Kier molecular flexibility index (Phi) is 9.31. The molecule has 0 bridgehead atoms. The molecule has 0 aliphatic rings. The standard InChI is InChI=1S/C13H20O2.C2H6/c1-3-4-5-6-9-15-12-7-8-13(14)11(2)10-12;1-2/h7-8,10,14H,3-6,9H2,1-2H3;1-2H3. The number of ether oxygens (including phenoxy) is 1. The van der Waals surface area contributed by atoms with Gasteiger partial charge < -0.3 is 9.84 Å². The highest BCUT2D eigenvalue weighted by Crippen LogP contribution is 2.21. The number of aromatic hydroxyl groups is 1. The minimum atomic E-state index is 0.327. The van der Waals surface area contributed by atoms with E-state index < -0.39 is 0 Å². The van der Waals surface area contributed by atoms with Crippen LogP contribution in [-0.2, 0) is 0 Å². The van der Waals surface area contributed by atoms with Crippen molar-refractivity contribution in [2.24, 2.45) is 0 Å². The Bertz CT molecular complexity index is 295. The zero-order chi connectivity index (χ0) is 13.1. The monoisotopic (exact) mass is 238 g/mol. The van der Waals surface area contributed by atoms with Gasteiger partial charge in [0.1, 0.15) is 11.5 Å². The summed E-state index contributed by atoms with van der Waals surface area (Å²) in [7, 11) is 0. The van der Waals surface area contributed by atoms with Crippen LogP contribution in [0.1, 0.15) is 52.0 Å². The van der Waals surface area contributed by atoms with Gasteiger partial charge >= 0.3 is 0 Å². The minimum Gasteiger partial charge on any atom is -0.508 e. The predicted octanol–water partition coefficient (Wildman–Crippen LogP) is 4.69. The molecular weight excluding hydrogens is 212 g/mol. The number of phenolic OH excluding ortho intramolecular Hbond substituents is 1. The number of hydrogen-bond acceptors (Lipinski definition) is 2. The summed E-state index contributed by atoms with van der Waals surface area (Å²) in [6.45, 7) is 8.84. The van der Waals surface area contributed by atoms with Gasteiger partial charge in [0.2, 0.25) is 0 Å². The zero-order valence-electron chi connectivity index (χ0n) is 11.6. The average Bonchev–Trinajstić information content (AvgIpc) is 2.36. The molecule has 1 N–H and O–H groups in total. The van der Waals surface area contributed by atoms with Gasteiger partial charge in [0.15, 0.2) is 0 Å². The third kappa shape index (κ3) is 6.88. The molecule has 0 spiro atoms. The summed E-state index contributed by atoms with van der Waals surface area (Å²) < 4.78 is 5.58. The van der Waals surface area contributed by atoms with Crippen LogP contribution < -0.4 is 4.74 Å². The molecule has 0 atom stereocenters. The summed E-state index contributed by atoms with van der Waals surface area (Å²) in [5.41, 5.74) is 0.862. The van der Waals surface area contributed by atoms with E-state index in [9.17, 15) is 5.11 Å². The molecule has 0 saturated heterocycles. The first-order valence-corrected chi connectivity index (χ1v) is 6.66. The maximum absolute atomic E-state index is 9.33. The number of phenols is 1. The number of hydrogen-bond donors (Lipinski definition) is 1. The van der Waals surface area contributed by atoms with Crippen molar-refractivity contribution in [2.75, 3.05) is 6.61 Å². The van der Waals surface area contributed by atoms with Crippen molar-refractivity contribution in [3.8, 4) is 11.5 Å². The van der Waals surface area contributed by atoms with Gasteiger partial charge in [-0.05, 0) is 37.1 Å². The maximum atomic E-state index is 9.33. The third-order valence-corrected chi connectivity index (χ3v) is 2.43. The topological polar surface area (TPSA) is 29.5 Å². The number of aryl methyl sites for hydroxylation is 1. The minimum absolute atomic E-state index is 0.327. The summed E-state index contributed by atoms with van der Waals surface area (Å²) in [4.78, 5) is 0. The van der Waals surface area contributed by atoms with Crippen LogP contribution in [-0.4, -0.2) is 11.7 Å². The Morgan fingerprint density at radius 1 is 1.12 bits per heavy atom. The Morgan fingerprint density at radius 3 is 2.41 bits per heavy atom. The van der Waals surface area contributed by atoms with E-state index in [1.807, 2.05) is 32.9 Å². The SMILES string of the molecule is CC.CCCCCCOc1ccc(O)c(C)c1. The van der Waals surface area contributed by atoms with Crippen LogP contribution in [0.25, 0.3) is 0 Å². The van der Waals surface area contributed by atoms with Gasteiger partial charge in [-0.1, -0.05) is 40.0 Å². The fraction of sp³-hybridized carbons (Fsp3) is 0.600. The lowest BCUT2D eigenvalue weighted by Crippen LogP contribution is -1.97. The fourth-order valence-electron chi connectivity index (χ4n) is 1.44. The maximum Gasteiger partial charge on any atom is 0.119 e. The van der Waals surface area contributed by atoms with E-state index in [0.29, 0.717) is 5.75 Å². The smallest absolute Gasteiger partial charge is 0.119 e. The number of rotatable bonds is 6. The lowest BCUT2D eigenvalue weighted by molar-refractivity contribution is 0.304. The molecule has 0 aliphatic heterocycles. The molecule has 2 nitrogen and oxygen atoms in total. The molecule has 1 aromatic carbocycles. The summed E-state index contributed by atoms with van der Waals surface area (Å²) >= 11 is 0. The van der Waals surface area contributed by atoms with E-state index >= 15 is 0 Å². The fourth-order valence-corrected chi connectivity index (χ4v) is 1.44. The van der Waals surface area contributed by atoms with Crippen LogP contribution in [0, 0.1) is 6.92 Å². The first kappa shape index (κ1) is 15.8. The molecule has 0 aromatic heterocycles. The van der Waals surface area contributed by atoms with Crippen molar-refractivity contribution in [2.45, 2.75) is 53.4 Å². The van der Waals surface area contributed by atoms with Crippen LogP contribution in [0.3, 0.4) is 0 Å². The summed E-state index contributed by atoms with van der Waals surface area (Å²) in [6, 6.07) is 5.36. The van der Waals surface area contributed by atoms with Gasteiger partial charge in [-0.3, -0.25) is 0 Å². The second kappa shape index (κ2) is 10.0. The average molecular weight is 238 g/mol. The molecule has 17 heavy (non-hydrogen) atoms. The van der Waals surface area contributed by atoms with Crippen LogP contribution in [0.2, 0.25) is 0 Å². The number of benzene rings is 1. The predicted molar refractivity (Wildman–Crippen MR) is 73.8 cm³/mol. The van der Waals surface area contributed by atoms with Gasteiger partial charge in [-0.15, -0.1) is 0 Å². The molecule has 0 aliphatic carbocycles. The second-order valence-corrected chi connectivity index (χ2v) is 3.86. The van der Waals surface area contributed by atoms with Crippen molar-refractivity contribution in [3.05, 3.63) is 23.8 Å². The van der Waals surface area contributed by atoms with Crippen molar-refractivity contribution in [3.63, 3.8) is 0 Å². The van der Waals surface area contributed by atoms with Crippen LogP contribution in [0.5, 0.6) is 11.5 Å². The van der Waals surface area contributed by atoms with Crippen molar-refractivity contribution >= 4 is 0 Å². The largest absolute Gasteiger partial charge is 0.508 e. The highest BCUT2D eigenvalue weighted by atomic mass is 16.5. The van der Waals surface area contributed by atoms with Crippen LogP contribution in [0.4, 0.5) is 0 Å². The van der Waals surface area contributed by atoms with Gasteiger partial charge in [0, 0.05) is 0 Å². The second-order valence-electron chi connectivity index (χ2n) is 3.86. The summed E-state index contributed by atoms with van der Waals surface area (Å²) in [5, 5.41) is 9.33. The molecule has 0 radical (unpaired) electrons. The summed E-state index contributed by atoms with van der Waals surface area (Å²) in [6.07, 6.45) is 4.86. The van der Waals surface area contributed by atoms with Gasteiger partial charge in [-0.25, -0.2) is 0 Å². The zero-order valence-corrected chi connectivity index (χ0v) is 11.6. The highest BCUT2D eigenvalue weighted by Gasteiger charge is 1.98. The molecular formula is C15H26O2. The lowest BCUT2D eigenvalue weighted by atomic mass is 10.2. The molecule has 0 saturated carbocycles. The summed E-state index contributed by atoms with van der Waals surface area (Å²) in [5.74, 6) is 1.18. The Morgan fingerprint density at radius 2 is 1.82 bits per heavy atom. The Labute approximate surface area is 106 Å². The molecule has 0 fully saturated rings. The van der Waals surface area contributed by atoms with E-state index in [0.717, 1.165) is 24.3 Å². The molecule has 0 unspecified atom stereocenters. The molecule has 2 heteroatoms. The normalized spacial score (nSPS) is 9.41. The molecule has 98 valence electrons. The van der Waals surface area contributed by atoms with Crippen LogP contribution >= 0.6 is 0 Å². The molecule has 1 aromatic rings. The van der Waals surface area contributed by atoms with Crippen LogP contribution in [0.15, 0.2) is 18.2 Å². The Balaban J connectivity index is 0.00000121. The van der Waals surface area contributed by atoms with Gasteiger partial charge in [0.25, 0.3) is 0 Å². The van der Waals surface area contributed by atoms with E-state index in [1.54, 1.807) is 6.07 Å². The lowest BCUT2D eigenvalue weighted by Gasteiger charge is -2.07. The van der Waals surface area contributed by atoms with E-state index in [4.69, 9.17) is 4.74 Å². The van der Waals surface area contributed by atoms with E-state index in [1.165, 1.54) is 19.3 Å². The van der Waals surface area contributed by atoms with Gasteiger partial charge in [-0.2, -0.15) is 0 Å². The van der Waals surface area contributed by atoms with Gasteiger partial charge in [0.05, 0.1) is 6.61 Å². The first-order chi connectivity index (χ1) is 8.24.